The first-order valence-electron chi connectivity index (χ1n) is 8.93. The number of benzene rings is 3. The molecule has 0 saturated carbocycles. The molecule has 0 fully saturated rings. The Morgan fingerprint density at radius 3 is 2.10 bits per heavy atom. The van der Waals surface area contributed by atoms with Crippen molar-refractivity contribution >= 4 is 11.6 Å². The van der Waals surface area contributed by atoms with E-state index in [1.54, 1.807) is 30.3 Å². The van der Waals surface area contributed by atoms with Gasteiger partial charge in [0.05, 0.1) is 17.2 Å². The van der Waals surface area contributed by atoms with Crippen molar-refractivity contribution in [1.29, 1.82) is 5.26 Å². The lowest BCUT2D eigenvalue weighted by molar-refractivity contribution is -0.137. The Kier molecular flexibility index (Phi) is 6.04. The number of halogens is 3. The third-order valence-electron chi connectivity index (χ3n) is 4.36. The molecule has 5 heteroatoms. The summed E-state index contributed by atoms with van der Waals surface area (Å²) in [6.07, 6.45) is -2.82. The normalized spacial score (nSPS) is 11.8. The fourth-order valence-electron chi connectivity index (χ4n) is 2.70. The summed E-state index contributed by atoms with van der Waals surface area (Å²) in [6.45, 7) is 2.46. The SMILES string of the molecule is Cc1ccc(COc2ccc(/C(C#N)=C/c3ccc(C(F)(F)F)cc3)cc2)cc1. The zero-order chi connectivity index (χ0) is 20.9. The van der Waals surface area contributed by atoms with Gasteiger partial charge in [0, 0.05) is 0 Å². The van der Waals surface area contributed by atoms with Crippen LogP contribution in [0, 0.1) is 18.3 Å². The van der Waals surface area contributed by atoms with Crippen molar-refractivity contribution in [3.8, 4) is 11.8 Å². The van der Waals surface area contributed by atoms with E-state index in [4.69, 9.17) is 4.74 Å². The zero-order valence-corrected chi connectivity index (χ0v) is 15.7. The van der Waals surface area contributed by atoms with Crippen LogP contribution in [0.4, 0.5) is 13.2 Å². The molecule has 146 valence electrons. The van der Waals surface area contributed by atoms with Gasteiger partial charge in [-0.05, 0) is 66.1 Å². The van der Waals surface area contributed by atoms with Crippen LogP contribution in [0.5, 0.6) is 5.75 Å². The van der Waals surface area contributed by atoms with E-state index in [-0.39, 0.29) is 0 Å². The molecule has 0 spiro atoms. The van der Waals surface area contributed by atoms with Crippen molar-refractivity contribution in [1.82, 2.24) is 0 Å². The van der Waals surface area contributed by atoms with E-state index in [9.17, 15) is 18.4 Å². The minimum atomic E-state index is -4.38. The minimum absolute atomic E-state index is 0.356. The summed E-state index contributed by atoms with van der Waals surface area (Å²) in [5.74, 6) is 0.668. The molecule has 0 aliphatic carbocycles. The molecule has 0 aliphatic heterocycles. The average molecular weight is 393 g/mol. The van der Waals surface area contributed by atoms with Gasteiger partial charge in [0.15, 0.2) is 0 Å². The van der Waals surface area contributed by atoms with Gasteiger partial charge in [-0.15, -0.1) is 0 Å². The smallest absolute Gasteiger partial charge is 0.416 e. The highest BCUT2D eigenvalue weighted by Gasteiger charge is 2.29. The molecule has 3 aromatic carbocycles. The van der Waals surface area contributed by atoms with E-state index < -0.39 is 11.7 Å². The van der Waals surface area contributed by atoms with Gasteiger partial charge in [-0.3, -0.25) is 0 Å². The molecule has 0 aromatic heterocycles. The predicted octanol–water partition coefficient (Wildman–Crippen LogP) is 6.66. The standard InChI is InChI=1S/C24H18F3NO/c1-17-2-4-19(5-3-17)16-29-23-12-8-20(9-13-23)21(15-28)14-18-6-10-22(11-7-18)24(25,26)27/h2-14H,16H2,1H3/b21-14+. The molecule has 0 heterocycles. The number of allylic oxidation sites excluding steroid dienone is 1. The van der Waals surface area contributed by atoms with Crippen LogP contribution in [0.15, 0.2) is 72.8 Å². The van der Waals surface area contributed by atoms with E-state index in [1.807, 2.05) is 31.2 Å². The Bertz CT molecular complexity index is 1030. The summed E-state index contributed by atoms with van der Waals surface area (Å²) in [7, 11) is 0. The third-order valence-corrected chi connectivity index (χ3v) is 4.36. The van der Waals surface area contributed by atoms with Crippen molar-refractivity contribution in [3.05, 3.63) is 101 Å². The van der Waals surface area contributed by atoms with Gasteiger partial charge >= 0.3 is 6.18 Å². The summed E-state index contributed by atoms with van der Waals surface area (Å²) < 4.78 is 43.7. The Morgan fingerprint density at radius 2 is 1.55 bits per heavy atom. The average Bonchev–Trinajstić information content (AvgIpc) is 2.72. The fraction of sp³-hybridized carbons (Fsp3) is 0.125. The molecule has 29 heavy (non-hydrogen) atoms. The zero-order valence-electron chi connectivity index (χ0n) is 15.7. The highest BCUT2D eigenvalue weighted by Crippen LogP contribution is 2.30. The first kappa shape index (κ1) is 20.2. The van der Waals surface area contributed by atoms with Gasteiger partial charge in [-0.2, -0.15) is 18.4 Å². The fourth-order valence-corrected chi connectivity index (χ4v) is 2.70. The van der Waals surface area contributed by atoms with Crippen LogP contribution in [-0.4, -0.2) is 0 Å². The van der Waals surface area contributed by atoms with Gasteiger partial charge in [0.1, 0.15) is 12.4 Å². The number of hydrogen-bond donors (Lipinski definition) is 0. The van der Waals surface area contributed by atoms with Crippen LogP contribution < -0.4 is 4.74 Å². The number of hydrogen-bond acceptors (Lipinski definition) is 2. The number of nitrogens with zero attached hydrogens (tertiary/aromatic N) is 1. The van der Waals surface area contributed by atoms with E-state index in [0.717, 1.165) is 17.7 Å². The Morgan fingerprint density at radius 1 is 0.931 bits per heavy atom. The van der Waals surface area contributed by atoms with Crippen LogP contribution >= 0.6 is 0 Å². The second kappa shape index (κ2) is 8.66. The number of rotatable bonds is 5. The summed E-state index contributed by atoms with van der Waals surface area (Å²) in [4.78, 5) is 0. The van der Waals surface area contributed by atoms with E-state index >= 15 is 0 Å². The number of aryl methyl sites for hydroxylation is 1. The molecule has 3 rings (SSSR count). The molecule has 0 atom stereocenters. The van der Waals surface area contributed by atoms with E-state index in [0.29, 0.717) is 29.1 Å². The van der Waals surface area contributed by atoms with Gasteiger partial charge < -0.3 is 4.74 Å². The van der Waals surface area contributed by atoms with E-state index in [1.165, 1.54) is 17.7 Å². The first-order valence-corrected chi connectivity index (χ1v) is 8.93. The van der Waals surface area contributed by atoms with Gasteiger partial charge in [0.2, 0.25) is 0 Å². The third kappa shape index (κ3) is 5.49. The van der Waals surface area contributed by atoms with Crippen molar-refractivity contribution in [2.45, 2.75) is 19.7 Å². The van der Waals surface area contributed by atoms with Gasteiger partial charge in [-0.25, -0.2) is 0 Å². The number of alkyl halides is 3. The molecular formula is C24H18F3NO. The highest BCUT2D eigenvalue weighted by atomic mass is 19.4. The van der Waals surface area contributed by atoms with Gasteiger partial charge in [0.25, 0.3) is 0 Å². The summed E-state index contributed by atoms with van der Waals surface area (Å²) in [5.41, 5.74) is 3.06. The lowest BCUT2D eigenvalue weighted by atomic mass is 10.0. The van der Waals surface area contributed by atoms with Crippen LogP contribution in [0.2, 0.25) is 0 Å². The number of ether oxygens (including phenoxy) is 1. The predicted molar refractivity (Wildman–Crippen MR) is 107 cm³/mol. The molecule has 0 bridgehead atoms. The second-order valence-electron chi connectivity index (χ2n) is 6.59. The molecule has 2 nitrogen and oxygen atoms in total. The Labute approximate surface area is 167 Å². The summed E-state index contributed by atoms with van der Waals surface area (Å²) >= 11 is 0. The topological polar surface area (TPSA) is 33.0 Å². The second-order valence-corrected chi connectivity index (χ2v) is 6.59. The quantitative estimate of drug-likeness (QED) is 0.359. The molecular weight excluding hydrogens is 375 g/mol. The first-order chi connectivity index (χ1) is 13.8. The van der Waals surface area contributed by atoms with Crippen LogP contribution in [0.3, 0.4) is 0 Å². The van der Waals surface area contributed by atoms with Crippen LogP contribution in [0.25, 0.3) is 11.6 Å². The monoisotopic (exact) mass is 393 g/mol. The maximum atomic E-state index is 12.7. The van der Waals surface area contributed by atoms with Crippen molar-refractivity contribution < 1.29 is 17.9 Å². The maximum absolute atomic E-state index is 12.7. The lowest BCUT2D eigenvalue weighted by Crippen LogP contribution is -2.03. The molecule has 0 unspecified atom stereocenters. The van der Waals surface area contributed by atoms with Crippen molar-refractivity contribution in [2.24, 2.45) is 0 Å². The van der Waals surface area contributed by atoms with E-state index in [2.05, 4.69) is 6.07 Å². The molecule has 0 saturated heterocycles. The van der Waals surface area contributed by atoms with Crippen molar-refractivity contribution in [2.75, 3.05) is 0 Å². The molecule has 0 aliphatic rings. The summed E-state index contributed by atoms with van der Waals surface area (Å²) in [6, 6.07) is 21.9. The summed E-state index contributed by atoms with van der Waals surface area (Å²) in [5, 5.41) is 9.44. The molecule has 0 radical (unpaired) electrons. The maximum Gasteiger partial charge on any atom is 0.416 e. The largest absolute Gasteiger partial charge is 0.489 e. The molecule has 0 N–H and O–H groups in total. The lowest BCUT2D eigenvalue weighted by Gasteiger charge is -2.08. The van der Waals surface area contributed by atoms with Gasteiger partial charge in [-0.1, -0.05) is 42.0 Å². The van der Waals surface area contributed by atoms with Crippen molar-refractivity contribution in [3.63, 3.8) is 0 Å². The number of nitriles is 1. The highest BCUT2D eigenvalue weighted by molar-refractivity contribution is 5.89. The van der Waals surface area contributed by atoms with Crippen LogP contribution in [-0.2, 0) is 12.8 Å². The minimum Gasteiger partial charge on any atom is -0.489 e. The van der Waals surface area contributed by atoms with Crippen LogP contribution in [0.1, 0.15) is 27.8 Å². The Balaban J connectivity index is 1.70. The molecule has 3 aromatic rings. The molecule has 0 amide bonds. The Hall–Kier alpha value is -3.52.